The van der Waals surface area contributed by atoms with Gasteiger partial charge in [-0.25, -0.2) is 4.79 Å². The molecule has 0 heterocycles. The molecule has 0 amide bonds. The molecule has 0 aliphatic carbocycles. The maximum atomic E-state index is 14.4. The van der Waals surface area contributed by atoms with Gasteiger partial charge in [-0.05, 0) is 0 Å². The number of ether oxygens (including phenoxy) is 5. The van der Waals surface area contributed by atoms with Crippen LogP contribution < -0.4 is 0 Å². The Kier molecular flexibility index (Phi) is 12.0. The standard InChI is InChI=1S/C16H3F29O6/c1-47-2(46)3(17,8(23,24)25)48-14(40,41)5(20,10(29,30)31)50-16(44,45)7(22,12(35,36)37)51-15(42,43)6(21,11(32,33)34)49-13(38,39)4(18,19)9(26,27)28/h1H3/t3-,5+,6-,7+/m0/s1. The molecule has 0 aromatic heterocycles. The molecule has 0 N–H and O–H groups in total. The van der Waals surface area contributed by atoms with Crippen LogP contribution in [0.1, 0.15) is 0 Å². The van der Waals surface area contributed by atoms with Crippen LogP contribution in [-0.4, -0.2) is 97.7 Å². The Balaban J connectivity index is 7.72. The van der Waals surface area contributed by atoms with Gasteiger partial charge in [0.2, 0.25) is 0 Å². The van der Waals surface area contributed by atoms with Crippen molar-refractivity contribution < 1.29 is 156 Å². The summed E-state index contributed by atoms with van der Waals surface area (Å²) in [6.07, 6.45) is -77.4. The first-order chi connectivity index (χ1) is 21.6. The van der Waals surface area contributed by atoms with Gasteiger partial charge in [0.05, 0.1) is 7.11 Å². The van der Waals surface area contributed by atoms with E-state index in [4.69, 9.17) is 0 Å². The quantitative estimate of drug-likeness (QED) is 0.137. The largest absolute Gasteiger partial charge is 0.465 e. The van der Waals surface area contributed by atoms with Crippen molar-refractivity contribution in [1.82, 2.24) is 0 Å². The number of hydrogen-bond acceptors (Lipinski definition) is 6. The fourth-order valence-corrected chi connectivity index (χ4v) is 2.33. The predicted octanol–water partition coefficient (Wildman–Crippen LogP) is 8.71. The maximum Gasteiger partial charge on any atom is 0.462 e. The van der Waals surface area contributed by atoms with Gasteiger partial charge in [0.15, 0.2) is 0 Å². The third-order valence-corrected chi connectivity index (χ3v) is 4.83. The van der Waals surface area contributed by atoms with Crippen molar-refractivity contribution in [2.45, 2.75) is 84.7 Å². The van der Waals surface area contributed by atoms with Gasteiger partial charge in [-0.3, -0.25) is 18.9 Å². The number of alkyl halides is 29. The number of hydrogen-bond donors (Lipinski definition) is 0. The van der Waals surface area contributed by atoms with E-state index >= 15 is 0 Å². The summed E-state index contributed by atoms with van der Waals surface area (Å²) in [7, 11) is -0.505. The molecule has 0 saturated carbocycles. The van der Waals surface area contributed by atoms with Gasteiger partial charge >= 0.3 is 90.6 Å². The van der Waals surface area contributed by atoms with Crippen molar-refractivity contribution in [1.29, 1.82) is 0 Å². The molecule has 0 bridgehead atoms. The predicted molar refractivity (Wildman–Crippen MR) is 86.7 cm³/mol. The van der Waals surface area contributed by atoms with Crippen molar-refractivity contribution in [2.75, 3.05) is 7.11 Å². The van der Waals surface area contributed by atoms with Gasteiger partial charge in [0, 0.05) is 0 Å². The number of rotatable bonds is 13. The van der Waals surface area contributed by atoms with Crippen molar-refractivity contribution >= 4 is 5.97 Å². The molecule has 0 radical (unpaired) electrons. The monoisotopic (exact) mass is 842 g/mol. The highest BCUT2D eigenvalue weighted by Gasteiger charge is 2.90. The zero-order valence-electron chi connectivity index (χ0n) is 21.9. The summed E-state index contributed by atoms with van der Waals surface area (Å²) in [6.45, 7) is 0. The van der Waals surface area contributed by atoms with Gasteiger partial charge in [-0.15, -0.1) is 0 Å². The summed E-state index contributed by atoms with van der Waals surface area (Å²) in [4.78, 5) is 10.9. The first-order valence-electron chi connectivity index (χ1n) is 10.4. The second-order valence-electron chi connectivity index (χ2n) is 8.41. The lowest BCUT2D eigenvalue weighted by Gasteiger charge is -2.43. The fraction of sp³-hybridized carbons (Fsp3) is 0.938. The number of esters is 1. The first-order valence-corrected chi connectivity index (χ1v) is 10.4. The highest BCUT2D eigenvalue weighted by atomic mass is 19.4. The van der Waals surface area contributed by atoms with Crippen molar-refractivity contribution in [3.63, 3.8) is 0 Å². The Morgan fingerprint density at radius 2 is 0.569 bits per heavy atom. The van der Waals surface area contributed by atoms with Crippen LogP contribution in [0.3, 0.4) is 0 Å². The van der Waals surface area contributed by atoms with Gasteiger partial charge in [-0.2, -0.15) is 127 Å². The minimum Gasteiger partial charge on any atom is -0.465 e. The maximum absolute atomic E-state index is 14.4. The van der Waals surface area contributed by atoms with Gasteiger partial charge in [0.1, 0.15) is 0 Å². The Bertz CT molecular complexity index is 1250. The normalized spacial score (nSPS) is 20.2. The topological polar surface area (TPSA) is 63.2 Å². The average molecular weight is 842 g/mol. The SMILES string of the molecule is COC(=O)[C@](F)(OC(F)(F)[C@](F)(OC(F)(F)[C@](F)(OC(F)(F)[C@@](F)(OC(F)(F)C(F)(F)C(F)(F)F)C(F)(F)F)C(F)(F)F)C(F)(F)F)C(F)(F)F. The lowest BCUT2D eigenvalue weighted by atomic mass is 10.2. The van der Waals surface area contributed by atoms with Crippen molar-refractivity contribution in [3.8, 4) is 0 Å². The molecule has 0 rings (SSSR count). The van der Waals surface area contributed by atoms with Gasteiger partial charge in [0.25, 0.3) is 0 Å². The number of methoxy groups -OCH3 is 1. The molecular formula is C16H3F29O6. The van der Waals surface area contributed by atoms with Crippen molar-refractivity contribution in [3.05, 3.63) is 0 Å². The zero-order chi connectivity index (χ0) is 42.1. The van der Waals surface area contributed by atoms with Crippen LogP contribution in [0, 0.1) is 0 Å². The lowest BCUT2D eigenvalue weighted by molar-refractivity contribution is -0.592. The van der Waals surface area contributed by atoms with Crippen LogP contribution in [0.5, 0.6) is 0 Å². The molecule has 0 aromatic rings. The average Bonchev–Trinajstić information content (AvgIpc) is 2.83. The summed E-state index contributed by atoms with van der Waals surface area (Å²) < 4.78 is 392. The van der Waals surface area contributed by atoms with Crippen LogP contribution in [-0.2, 0) is 28.5 Å². The van der Waals surface area contributed by atoms with Crippen LogP contribution >= 0.6 is 0 Å². The van der Waals surface area contributed by atoms with Gasteiger partial charge in [-0.1, -0.05) is 0 Å². The van der Waals surface area contributed by atoms with Gasteiger partial charge < -0.3 is 4.74 Å². The molecular weight excluding hydrogens is 839 g/mol. The molecule has 306 valence electrons. The van der Waals surface area contributed by atoms with E-state index < -0.39 is 97.7 Å². The molecule has 51 heavy (non-hydrogen) atoms. The first kappa shape index (κ1) is 48.3. The van der Waals surface area contributed by atoms with E-state index in [-0.39, 0.29) is 0 Å². The Labute approximate surface area is 255 Å². The minimum absolute atomic E-state index is 0.505. The van der Waals surface area contributed by atoms with Crippen molar-refractivity contribution in [2.24, 2.45) is 0 Å². The van der Waals surface area contributed by atoms with E-state index in [1.807, 2.05) is 0 Å². The lowest BCUT2D eigenvalue weighted by Crippen LogP contribution is -2.72. The van der Waals surface area contributed by atoms with E-state index in [2.05, 4.69) is 4.74 Å². The fourth-order valence-electron chi connectivity index (χ4n) is 2.33. The summed E-state index contributed by atoms with van der Waals surface area (Å²) in [5.74, 6) is -47.0. The molecule has 35 heteroatoms. The second kappa shape index (κ2) is 12.7. The third-order valence-electron chi connectivity index (χ3n) is 4.83. The molecule has 0 unspecified atom stereocenters. The van der Waals surface area contributed by atoms with E-state index in [9.17, 15) is 132 Å². The molecule has 0 aliphatic rings. The summed E-state index contributed by atoms with van der Waals surface area (Å²) >= 11 is 0. The third kappa shape index (κ3) is 7.97. The van der Waals surface area contributed by atoms with E-state index in [0.717, 1.165) is 14.2 Å². The van der Waals surface area contributed by atoms with Crippen LogP contribution in [0.25, 0.3) is 0 Å². The number of carbonyl (C=O) groups excluding carboxylic acids is 1. The van der Waals surface area contributed by atoms with Crippen LogP contribution in [0.4, 0.5) is 127 Å². The number of carbonyl (C=O) groups is 1. The molecule has 0 spiro atoms. The molecule has 6 nitrogen and oxygen atoms in total. The van der Waals surface area contributed by atoms with E-state index in [1.54, 1.807) is 0 Å². The molecule has 4 atom stereocenters. The molecule has 0 aromatic carbocycles. The Morgan fingerprint density at radius 1 is 0.333 bits per heavy atom. The molecule has 0 saturated heterocycles. The highest BCUT2D eigenvalue weighted by molar-refractivity contribution is 5.78. The Morgan fingerprint density at radius 3 is 0.765 bits per heavy atom. The summed E-state index contributed by atoms with van der Waals surface area (Å²) in [6, 6.07) is 0. The highest BCUT2D eigenvalue weighted by Crippen LogP contribution is 2.61. The summed E-state index contributed by atoms with van der Waals surface area (Å²) in [5.41, 5.74) is 0. The number of halogens is 29. The van der Waals surface area contributed by atoms with E-state index in [0.29, 0.717) is 0 Å². The molecule has 0 fully saturated rings. The Hall–Kier alpha value is -2.72. The van der Waals surface area contributed by atoms with E-state index in [1.165, 1.54) is 4.74 Å². The zero-order valence-corrected chi connectivity index (χ0v) is 21.9. The van der Waals surface area contributed by atoms with Crippen LogP contribution in [0.15, 0.2) is 0 Å². The summed E-state index contributed by atoms with van der Waals surface area (Å²) in [5, 5.41) is 0. The molecule has 0 aliphatic heterocycles. The smallest absolute Gasteiger partial charge is 0.462 e. The van der Waals surface area contributed by atoms with Crippen LogP contribution in [0.2, 0.25) is 0 Å². The second-order valence-corrected chi connectivity index (χ2v) is 8.41. The minimum atomic E-state index is -9.24.